The standard InChI is InChI=1S/C23H28ClFN2O/c1-15-14-27(7-6-26(15)2)22-11-18-9-16(10-19(18)12-23(22)28-3)8-17-4-5-20(24)13-21(17)25/h4-5,11-13,15-16H,6-10,14H2,1-3H3. The minimum Gasteiger partial charge on any atom is -0.495 e. The summed E-state index contributed by atoms with van der Waals surface area (Å²) in [6, 6.07) is 10.0. The molecule has 1 saturated heterocycles. The van der Waals surface area contributed by atoms with Gasteiger partial charge in [0.15, 0.2) is 0 Å². The molecule has 0 N–H and O–H groups in total. The fourth-order valence-corrected chi connectivity index (χ4v) is 4.71. The third-order valence-corrected chi connectivity index (χ3v) is 6.58. The number of halogens is 2. The van der Waals surface area contributed by atoms with Gasteiger partial charge in [-0.2, -0.15) is 0 Å². The van der Waals surface area contributed by atoms with E-state index in [-0.39, 0.29) is 5.82 Å². The Morgan fingerprint density at radius 3 is 2.57 bits per heavy atom. The molecular weight excluding hydrogens is 375 g/mol. The molecule has 1 aliphatic carbocycles. The molecule has 2 unspecified atom stereocenters. The first-order chi connectivity index (χ1) is 13.4. The predicted molar refractivity (Wildman–Crippen MR) is 113 cm³/mol. The maximum absolute atomic E-state index is 14.2. The zero-order valence-electron chi connectivity index (χ0n) is 16.8. The number of ether oxygens (including phenoxy) is 1. The summed E-state index contributed by atoms with van der Waals surface area (Å²) < 4.78 is 20.0. The Labute approximate surface area is 172 Å². The molecule has 2 aliphatic rings. The summed E-state index contributed by atoms with van der Waals surface area (Å²) in [5.41, 5.74) is 4.66. The van der Waals surface area contributed by atoms with E-state index in [1.807, 2.05) is 6.07 Å². The fraction of sp³-hybridized carbons (Fsp3) is 0.478. The van der Waals surface area contributed by atoms with Crippen molar-refractivity contribution in [3.8, 4) is 5.75 Å². The Bertz CT molecular complexity index is 872. The molecule has 2 atom stereocenters. The highest BCUT2D eigenvalue weighted by molar-refractivity contribution is 6.30. The monoisotopic (exact) mass is 402 g/mol. The van der Waals surface area contributed by atoms with Crippen LogP contribution in [-0.2, 0) is 19.3 Å². The lowest BCUT2D eigenvalue weighted by atomic mass is 9.96. The van der Waals surface area contributed by atoms with Crippen molar-refractivity contribution in [2.75, 3.05) is 38.7 Å². The summed E-state index contributed by atoms with van der Waals surface area (Å²) in [7, 11) is 3.93. The van der Waals surface area contributed by atoms with Crippen LogP contribution in [0.15, 0.2) is 30.3 Å². The fourth-order valence-electron chi connectivity index (χ4n) is 4.55. The zero-order chi connectivity index (χ0) is 19.8. The van der Waals surface area contributed by atoms with E-state index in [0.717, 1.165) is 50.2 Å². The largest absolute Gasteiger partial charge is 0.495 e. The zero-order valence-corrected chi connectivity index (χ0v) is 17.6. The minimum absolute atomic E-state index is 0.201. The van der Waals surface area contributed by atoms with E-state index in [4.69, 9.17) is 16.3 Å². The summed E-state index contributed by atoms with van der Waals surface area (Å²) in [6.07, 6.45) is 2.69. The number of fused-ring (bicyclic) bond motifs is 1. The lowest BCUT2D eigenvalue weighted by Gasteiger charge is -2.39. The first kappa shape index (κ1) is 19.5. The van der Waals surface area contributed by atoms with Gasteiger partial charge >= 0.3 is 0 Å². The minimum atomic E-state index is -0.201. The van der Waals surface area contributed by atoms with Crippen LogP contribution in [0.4, 0.5) is 10.1 Å². The molecule has 0 radical (unpaired) electrons. The lowest BCUT2D eigenvalue weighted by molar-refractivity contribution is 0.233. The number of hydrogen-bond acceptors (Lipinski definition) is 3. The molecule has 0 bridgehead atoms. The first-order valence-electron chi connectivity index (χ1n) is 10.0. The van der Waals surface area contributed by atoms with E-state index in [1.54, 1.807) is 13.2 Å². The second-order valence-electron chi connectivity index (χ2n) is 8.28. The van der Waals surface area contributed by atoms with Crippen LogP contribution in [0, 0.1) is 11.7 Å². The number of hydrogen-bond donors (Lipinski definition) is 0. The second-order valence-corrected chi connectivity index (χ2v) is 8.72. The maximum Gasteiger partial charge on any atom is 0.142 e. The quantitative estimate of drug-likeness (QED) is 0.744. The van der Waals surface area contributed by atoms with Crippen LogP contribution in [0.5, 0.6) is 5.75 Å². The second kappa shape index (κ2) is 7.92. The predicted octanol–water partition coefficient (Wildman–Crippen LogP) is 4.59. The molecular formula is C23H28ClFN2O. The number of methoxy groups -OCH3 is 1. The third kappa shape index (κ3) is 3.85. The van der Waals surface area contributed by atoms with Crippen molar-refractivity contribution < 1.29 is 9.13 Å². The lowest BCUT2D eigenvalue weighted by Crippen LogP contribution is -2.50. The molecule has 28 heavy (non-hydrogen) atoms. The number of rotatable bonds is 4. The van der Waals surface area contributed by atoms with Crippen LogP contribution >= 0.6 is 11.6 Å². The van der Waals surface area contributed by atoms with Crippen molar-refractivity contribution in [2.45, 2.75) is 32.2 Å². The number of likely N-dealkylation sites (N-methyl/N-ethyl adjacent to an activating group) is 1. The van der Waals surface area contributed by atoms with Gasteiger partial charge in [-0.15, -0.1) is 0 Å². The first-order valence-corrected chi connectivity index (χ1v) is 10.4. The van der Waals surface area contributed by atoms with E-state index in [2.05, 4.69) is 35.9 Å². The van der Waals surface area contributed by atoms with E-state index in [0.29, 0.717) is 17.0 Å². The van der Waals surface area contributed by atoms with Gasteiger partial charge in [-0.1, -0.05) is 17.7 Å². The molecule has 0 aromatic heterocycles. The van der Waals surface area contributed by atoms with Crippen molar-refractivity contribution in [1.82, 2.24) is 4.90 Å². The summed E-state index contributed by atoms with van der Waals surface area (Å²) in [5.74, 6) is 1.17. The van der Waals surface area contributed by atoms with Crippen LogP contribution in [0.1, 0.15) is 23.6 Å². The van der Waals surface area contributed by atoms with Gasteiger partial charge < -0.3 is 14.5 Å². The van der Waals surface area contributed by atoms with E-state index in [9.17, 15) is 4.39 Å². The Kier molecular flexibility index (Phi) is 5.52. The summed E-state index contributed by atoms with van der Waals surface area (Å²) >= 11 is 5.89. The molecule has 2 aromatic carbocycles. The third-order valence-electron chi connectivity index (χ3n) is 6.34. The summed E-state index contributed by atoms with van der Waals surface area (Å²) in [4.78, 5) is 4.84. The average Bonchev–Trinajstić information content (AvgIpc) is 3.06. The Balaban J connectivity index is 1.54. The van der Waals surface area contributed by atoms with Gasteiger partial charge in [0.1, 0.15) is 11.6 Å². The molecule has 1 heterocycles. The molecule has 3 nitrogen and oxygen atoms in total. The molecule has 1 fully saturated rings. The highest BCUT2D eigenvalue weighted by Crippen LogP contribution is 2.39. The van der Waals surface area contributed by atoms with Gasteiger partial charge in [-0.05, 0) is 80.1 Å². The van der Waals surface area contributed by atoms with Crippen molar-refractivity contribution in [2.24, 2.45) is 5.92 Å². The number of piperazine rings is 1. The normalized spacial score (nSPS) is 22.4. The highest BCUT2D eigenvalue weighted by atomic mass is 35.5. The highest BCUT2D eigenvalue weighted by Gasteiger charge is 2.28. The maximum atomic E-state index is 14.2. The Morgan fingerprint density at radius 1 is 1.14 bits per heavy atom. The van der Waals surface area contributed by atoms with Gasteiger partial charge in [-0.25, -0.2) is 4.39 Å². The Hall–Kier alpha value is -1.78. The summed E-state index contributed by atoms with van der Waals surface area (Å²) in [6.45, 7) is 5.34. The van der Waals surface area contributed by atoms with Crippen LogP contribution in [0.3, 0.4) is 0 Å². The number of anilines is 1. The topological polar surface area (TPSA) is 15.7 Å². The summed E-state index contributed by atoms with van der Waals surface area (Å²) in [5, 5.41) is 0.451. The average molecular weight is 403 g/mol. The molecule has 2 aromatic rings. The molecule has 0 saturated carbocycles. The van der Waals surface area contributed by atoms with Gasteiger partial charge in [0, 0.05) is 30.7 Å². The van der Waals surface area contributed by atoms with Gasteiger partial charge in [-0.3, -0.25) is 0 Å². The van der Waals surface area contributed by atoms with Crippen molar-refractivity contribution in [3.05, 3.63) is 57.9 Å². The molecule has 1 aliphatic heterocycles. The number of nitrogens with zero attached hydrogens (tertiary/aromatic N) is 2. The van der Waals surface area contributed by atoms with Crippen LogP contribution < -0.4 is 9.64 Å². The van der Waals surface area contributed by atoms with Crippen LogP contribution in [0.2, 0.25) is 5.02 Å². The molecule has 0 spiro atoms. The molecule has 0 amide bonds. The van der Waals surface area contributed by atoms with E-state index < -0.39 is 0 Å². The molecule has 150 valence electrons. The van der Waals surface area contributed by atoms with Gasteiger partial charge in [0.25, 0.3) is 0 Å². The molecule has 5 heteroatoms. The molecule has 4 rings (SSSR count). The van der Waals surface area contributed by atoms with Crippen molar-refractivity contribution >= 4 is 17.3 Å². The van der Waals surface area contributed by atoms with Gasteiger partial charge in [0.2, 0.25) is 0 Å². The Morgan fingerprint density at radius 2 is 1.89 bits per heavy atom. The van der Waals surface area contributed by atoms with E-state index in [1.165, 1.54) is 22.9 Å². The smallest absolute Gasteiger partial charge is 0.142 e. The van der Waals surface area contributed by atoms with E-state index >= 15 is 0 Å². The van der Waals surface area contributed by atoms with Crippen molar-refractivity contribution in [1.29, 1.82) is 0 Å². The van der Waals surface area contributed by atoms with Gasteiger partial charge in [0.05, 0.1) is 12.8 Å². The van der Waals surface area contributed by atoms with Crippen LogP contribution in [0.25, 0.3) is 0 Å². The SMILES string of the molecule is COc1cc2c(cc1N1CCN(C)C(C)C1)CC(Cc1ccc(Cl)cc1F)C2. The van der Waals surface area contributed by atoms with Crippen LogP contribution in [-0.4, -0.2) is 44.7 Å². The van der Waals surface area contributed by atoms with Crippen molar-refractivity contribution in [3.63, 3.8) is 0 Å². The number of benzene rings is 2.